The van der Waals surface area contributed by atoms with Crippen molar-refractivity contribution in [1.29, 1.82) is 0 Å². The summed E-state index contributed by atoms with van der Waals surface area (Å²) in [7, 11) is 0. The van der Waals surface area contributed by atoms with E-state index >= 15 is 0 Å². The number of hydrogen-bond acceptors (Lipinski definition) is 3. The lowest BCUT2D eigenvalue weighted by Gasteiger charge is -2.26. The van der Waals surface area contributed by atoms with E-state index < -0.39 is 0 Å². The van der Waals surface area contributed by atoms with E-state index in [-0.39, 0.29) is 16.8 Å². The number of carbonyl (C=O) groups is 1. The number of alkyl halides is 1. The van der Waals surface area contributed by atoms with Crippen molar-refractivity contribution in [1.82, 2.24) is 4.90 Å². The van der Waals surface area contributed by atoms with E-state index in [0.717, 1.165) is 19.4 Å². The van der Waals surface area contributed by atoms with Gasteiger partial charge in [-0.3, -0.25) is 4.79 Å². The molecule has 100 valence electrons. The highest BCUT2D eigenvalue weighted by atomic mass is 79.9. The van der Waals surface area contributed by atoms with Gasteiger partial charge in [0, 0.05) is 18.0 Å². The minimum Gasteiger partial charge on any atom is -0.376 e. The highest BCUT2D eigenvalue weighted by Crippen LogP contribution is 2.19. The third-order valence-electron chi connectivity index (χ3n) is 3.03. The second-order valence-corrected chi connectivity index (χ2v) is 6.95. The maximum absolute atomic E-state index is 12.2. The molecular weight excluding hydrogens is 314 g/mol. The quantitative estimate of drug-likeness (QED) is 0.776. The highest BCUT2D eigenvalue weighted by molar-refractivity contribution is 9.10. The van der Waals surface area contributed by atoms with Crippen molar-refractivity contribution >= 4 is 33.2 Å². The molecule has 0 radical (unpaired) electrons. The lowest BCUT2D eigenvalue weighted by Crippen LogP contribution is -2.39. The molecule has 3 nitrogen and oxygen atoms in total. The zero-order valence-corrected chi connectivity index (χ0v) is 12.9. The van der Waals surface area contributed by atoms with Crippen molar-refractivity contribution in [3.63, 3.8) is 0 Å². The fourth-order valence-corrected chi connectivity index (χ4v) is 3.12. The molecule has 1 amide bonds. The average molecular weight is 332 g/mol. The number of amides is 1. The summed E-state index contributed by atoms with van der Waals surface area (Å²) >= 11 is 5.05. The third-order valence-corrected chi connectivity index (χ3v) is 4.28. The van der Waals surface area contributed by atoms with E-state index in [0.29, 0.717) is 13.1 Å². The van der Waals surface area contributed by atoms with Crippen LogP contribution in [-0.4, -0.2) is 34.9 Å². The molecule has 1 aromatic heterocycles. The molecule has 2 rings (SSSR count). The molecule has 0 bridgehead atoms. The molecule has 0 spiro atoms. The molecule has 5 heteroatoms. The Morgan fingerprint density at radius 1 is 1.72 bits per heavy atom. The van der Waals surface area contributed by atoms with E-state index in [1.807, 2.05) is 23.3 Å². The fourth-order valence-electron chi connectivity index (χ4n) is 2.11. The van der Waals surface area contributed by atoms with Crippen LogP contribution >= 0.6 is 27.3 Å². The number of ether oxygens (including phenoxy) is 1. The van der Waals surface area contributed by atoms with E-state index in [1.54, 1.807) is 11.3 Å². The van der Waals surface area contributed by atoms with Crippen LogP contribution in [0.3, 0.4) is 0 Å². The smallest absolute Gasteiger partial charge is 0.236 e. The predicted molar refractivity (Wildman–Crippen MR) is 77.1 cm³/mol. The summed E-state index contributed by atoms with van der Waals surface area (Å²) in [5.74, 6) is 0.138. The van der Waals surface area contributed by atoms with Gasteiger partial charge < -0.3 is 9.64 Å². The molecule has 1 aromatic rings. The van der Waals surface area contributed by atoms with Crippen LogP contribution in [0.2, 0.25) is 0 Å². The molecule has 1 saturated heterocycles. The summed E-state index contributed by atoms with van der Waals surface area (Å²) in [6, 6.07) is 4.09. The van der Waals surface area contributed by atoms with Gasteiger partial charge in [0.25, 0.3) is 0 Å². The van der Waals surface area contributed by atoms with Gasteiger partial charge in [0.05, 0.1) is 17.5 Å². The van der Waals surface area contributed by atoms with Crippen LogP contribution in [0.15, 0.2) is 17.5 Å². The van der Waals surface area contributed by atoms with Crippen molar-refractivity contribution in [2.45, 2.75) is 37.2 Å². The normalized spacial score (nSPS) is 20.9. The van der Waals surface area contributed by atoms with Gasteiger partial charge in [0.1, 0.15) is 0 Å². The first-order valence-corrected chi connectivity index (χ1v) is 8.03. The van der Waals surface area contributed by atoms with Gasteiger partial charge in [0.2, 0.25) is 5.91 Å². The first-order valence-electron chi connectivity index (χ1n) is 6.23. The Labute approximate surface area is 120 Å². The van der Waals surface area contributed by atoms with E-state index in [1.165, 1.54) is 4.88 Å². The maximum atomic E-state index is 12.2. The molecule has 18 heavy (non-hydrogen) atoms. The lowest BCUT2D eigenvalue weighted by atomic mass is 10.2. The van der Waals surface area contributed by atoms with Gasteiger partial charge >= 0.3 is 0 Å². The largest absolute Gasteiger partial charge is 0.376 e. The molecule has 1 aliphatic rings. The highest BCUT2D eigenvalue weighted by Gasteiger charge is 2.24. The van der Waals surface area contributed by atoms with Gasteiger partial charge in [0.15, 0.2) is 0 Å². The first kappa shape index (κ1) is 14.0. The summed E-state index contributed by atoms with van der Waals surface area (Å²) in [5, 5.41) is 2.04. The summed E-state index contributed by atoms with van der Waals surface area (Å²) in [4.78, 5) is 15.2. The zero-order chi connectivity index (χ0) is 13.0. The van der Waals surface area contributed by atoms with Gasteiger partial charge in [-0.2, -0.15) is 0 Å². The van der Waals surface area contributed by atoms with Crippen molar-refractivity contribution in [2.75, 3.05) is 13.2 Å². The number of nitrogens with zero attached hydrogens (tertiary/aromatic N) is 1. The Hall–Kier alpha value is -0.390. The SMILES string of the molecule is CC(Br)C(=O)N(Cc1cccs1)CC1CCCO1. The van der Waals surface area contributed by atoms with Crippen molar-refractivity contribution < 1.29 is 9.53 Å². The van der Waals surface area contributed by atoms with Crippen LogP contribution in [0.4, 0.5) is 0 Å². The first-order chi connectivity index (χ1) is 8.66. The predicted octanol–water partition coefficient (Wildman–Crippen LogP) is 3.04. The molecule has 1 fully saturated rings. The Kier molecular flexibility index (Phi) is 5.21. The minimum atomic E-state index is -0.140. The fraction of sp³-hybridized carbons (Fsp3) is 0.615. The summed E-state index contributed by atoms with van der Waals surface area (Å²) in [6.45, 7) is 4.09. The second kappa shape index (κ2) is 6.68. The zero-order valence-electron chi connectivity index (χ0n) is 10.5. The lowest BCUT2D eigenvalue weighted by molar-refractivity contribution is -0.132. The van der Waals surface area contributed by atoms with Crippen LogP contribution < -0.4 is 0 Å². The van der Waals surface area contributed by atoms with Crippen molar-refractivity contribution in [2.24, 2.45) is 0 Å². The minimum absolute atomic E-state index is 0.138. The van der Waals surface area contributed by atoms with Crippen LogP contribution in [-0.2, 0) is 16.1 Å². The monoisotopic (exact) mass is 331 g/mol. The molecular formula is C13H18BrNO2S. The number of rotatable bonds is 5. The van der Waals surface area contributed by atoms with Gasteiger partial charge in [-0.15, -0.1) is 11.3 Å². The number of carbonyl (C=O) groups excluding carboxylic acids is 1. The third kappa shape index (κ3) is 3.80. The maximum Gasteiger partial charge on any atom is 0.236 e. The molecule has 0 N–H and O–H groups in total. The summed E-state index contributed by atoms with van der Waals surface area (Å²) in [6.07, 6.45) is 2.38. The second-order valence-electron chi connectivity index (χ2n) is 4.55. The molecule has 1 aliphatic heterocycles. The summed E-state index contributed by atoms with van der Waals surface area (Å²) in [5.41, 5.74) is 0. The molecule has 2 unspecified atom stereocenters. The van der Waals surface area contributed by atoms with E-state index in [4.69, 9.17) is 4.74 Å². The Morgan fingerprint density at radius 2 is 2.56 bits per heavy atom. The molecule has 2 atom stereocenters. The van der Waals surface area contributed by atoms with Crippen molar-refractivity contribution in [3.05, 3.63) is 22.4 Å². The summed E-state index contributed by atoms with van der Waals surface area (Å²) < 4.78 is 5.63. The van der Waals surface area contributed by atoms with Crippen molar-refractivity contribution in [3.8, 4) is 0 Å². The van der Waals surface area contributed by atoms with E-state index in [2.05, 4.69) is 22.0 Å². The van der Waals surface area contributed by atoms with Gasteiger partial charge in [-0.25, -0.2) is 0 Å². The Balaban J connectivity index is 1.99. The molecule has 0 saturated carbocycles. The number of halogens is 1. The van der Waals surface area contributed by atoms with Crippen LogP contribution in [0.1, 0.15) is 24.6 Å². The Bertz CT molecular complexity index is 374. The van der Waals surface area contributed by atoms with E-state index in [9.17, 15) is 4.79 Å². The number of thiophene rings is 1. The molecule has 0 aromatic carbocycles. The van der Waals surface area contributed by atoms with Gasteiger partial charge in [-0.05, 0) is 31.2 Å². The average Bonchev–Trinajstić information content (AvgIpc) is 2.99. The Morgan fingerprint density at radius 3 is 3.11 bits per heavy atom. The number of hydrogen-bond donors (Lipinski definition) is 0. The van der Waals surface area contributed by atoms with Crippen LogP contribution in [0.25, 0.3) is 0 Å². The van der Waals surface area contributed by atoms with Gasteiger partial charge in [-0.1, -0.05) is 22.0 Å². The van der Waals surface area contributed by atoms with Crippen LogP contribution in [0, 0.1) is 0 Å². The molecule has 0 aliphatic carbocycles. The topological polar surface area (TPSA) is 29.5 Å². The van der Waals surface area contributed by atoms with Crippen LogP contribution in [0.5, 0.6) is 0 Å². The molecule has 2 heterocycles. The standard InChI is InChI=1S/C13H18BrNO2S/c1-10(14)13(16)15(8-11-4-2-6-17-11)9-12-5-3-7-18-12/h3,5,7,10-11H,2,4,6,8-9H2,1H3.